The van der Waals surface area contributed by atoms with Crippen molar-refractivity contribution < 1.29 is 13.2 Å². The summed E-state index contributed by atoms with van der Waals surface area (Å²) in [6, 6.07) is 2.68. The van der Waals surface area contributed by atoms with Crippen LogP contribution < -0.4 is 10.5 Å². The first-order chi connectivity index (χ1) is 9.68. The molecule has 1 aliphatic carbocycles. The maximum absolute atomic E-state index is 12.4. The molecule has 0 aliphatic heterocycles. The molecule has 0 saturated heterocycles. The van der Waals surface area contributed by atoms with Gasteiger partial charge in [0.25, 0.3) is 5.91 Å². The molecule has 7 heteroatoms. The van der Waals surface area contributed by atoms with E-state index in [4.69, 9.17) is 16.7 Å². The van der Waals surface area contributed by atoms with Gasteiger partial charge in [0.05, 0.1) is 4.90 Å². The van der Waals surface area contributed by atoms with Crippen LogP contribution in [0.25, 0.3) is 0 Å². The lowest BCUT2D eigenvalue weighted by molar-refractivity contribution is 0.0936. The summed E-state index contributed by atoms with van der Waals surface area (Å²) < 4.78 is 22.9. The van der Waals surface area contributed by atoms with Crippen molar-refractivity contribution in [3.8, 4) is 0 Å². The van der Waals surface area contributed by atoms with Gasteiger partial charge >= 0.3 is 0 Å². The Morgan fingerprint density at radius 1 is 1.38 bits per heavy atom. The molecular weight excluding hydrogens is 312 g/mol. The van der Waals surface area contributed by atoms with E-state index >= 15 is 0 Å². The second-order valence-electron chi connectivity index (χ2n) is 5.71. The van der Waals surface area contributed by atoms with Gasteiger partial charge in [0, 0.05) is 16.6 Å². The van der Waals surface area contributed by atoms with Crippen molar-refractivity contribution in [2.45, 2.75) is 44.0 Å². The van der Waals surface area contributed by atoms with Crippen molar-refractivity contribution in [2.24, 2.45) is 11.1 Å². The Morgan fingerprint density at radius 2 is 2.05 bits per heavy atom. The molecule has 1 aromatic rings. The highest BCUT2D eigenvalue weighted by molar-refractivity contribution is 7.89. The van der Waals surface area contributed by atoms with Crippen LogP contribution in [0.2, 0.25) is 5.02 Å². The Bertz CT molecular complexity index is 673. The minimum atomic E-state index is -3.90. The smallest absolute Gasteiger partial charge is 0.251 e. The number of nitrogens with two attached hydrogens (primary N) is 1. The minimum Gasteiger partial charge on any atom is -0.349 e. The van der Waals surface area contributed by atoms with E-state index in [1.165, 1.54) is 12.1 Å². The van der Waals surface area contributed by atoms with Crippen molar-refractivity contribution in [1.29, 1.82) is 0 Å². The molecule has 116 valence electrons. The molecule has 1 saturated carbocycles. The van der Waals surface area contributed by atoms with Crippen LogP contribution in [0.5, 0.6) is 0 Å². The lowest BCUT2D eigenvalue weighted by Gasteiger charge is -2.15. The van der Waals surface area contributed by atoms with Crippen LogP contribution in [0.4, 0.5) is 0 Å². The predicted octanol–water partition coefficient (Wildman–Crippen LogP) is 2.21. The van der Waals surface area contributed by atoms with Crippen LogP contribution in [-0.4, -0.2) is 20.4 Å². The average Bonchev–Trinajstić information content (AvgIpc) is 2.76. The van der Waals surface area contributed by atoms with E-state index in [-0.39, 0.29) is 27.4 Å². The molecule has 0 heterocycles. The Labute approximate surface area is 129 Å². The molecule has 21 heavy (non-hydrogen) atoms. The van der Waals surface area contributed by atoms with Gasteiger partial charge < -0.3 is 5.32 Å². The number of nitrogens with one attached hydrogen (secondary N) is 1. The Kier molecular flexibility index (Phi) is 4.60. The van der Waals surface area contributed by atoms with Crippen LogP contribution in [0.1, 0.15) is 42.1 Å². The molecule has 2 unspecified atom stereocenters. The Morgan fingerprint density at radius 3 is 2.57 bits per heavy atom. The fourth-order valence-electron chi connectivity index (χ4n) is 2.66. The summed E-state index contributed by atoms with van der Waals surface area (Å²) in [6.07, 6.45) is 2.96. The highest BCUT2D eigenvalue weighted by Gasteiger charge is 2.25. The first-order valence-corrected chi connectivity index (χ1v) is 8.74. The van der Waals surface area contributed by atoms with Gasteiger partial charge in [-0.3, -0.25) is 4.79 Å². The molecule has 2 atom stereocenters. The van der Waals surface area contributed by atoms with Gasteiger partial charge in [-0.15, -0.1) is 0 Å². The fraction of sp³-hybridized carbons (Fsp3) is 0.500. The number of carbonyl (C=O) groups is 1. The first-order valence-electron chi connectivity index (χ1n) is 6.82. The lowest BCUT2D eigenvalue weighted by atomic mass is 10.1. The quantitative estimate of drug-likeness (QED) is 0.890. The summed E-state index contributed by atoms with van der Waals surface area (Å²) >= 11 is 6.01. The maximum Gasteiger partial charge on any atom is 0.251 e. The second-order valence-corrected chi connectivity index (χ2v) is 7.68. The molecule has 0 radical (unpaired) electrons. The van der Waals surface area contributed by atoms with Crippen LogP contribution in [0.15, 0.2) is 17.0 Å². The minimum absolute atomic E-state index is 0.129. The highest BCUT2D eigenvalue weighted by Crippen LogP contribution is 2.27. The fourth-order valence-corrected chi connectivity index (χ4v) is 3.50. The van der Waals surface area contributed by atoms with Crippen molar-refractivity contribution in [1.82, 2.24) is 5.32 Å². The number of hydrogen-bond acceptors (Lipinski definition) is 3. The number of halogens is 1. The predicted molar refractivity (Wildman–Crippen MR) is 81.8 cm³/mol. The molecular formula is C14H19ClN2O3S. The number of benzene rings is 1. The number of hydrogen-bond donors (Lipinski definition) is 2. The first kappa shape index (κ1) is 16.3. The highest BCUT2D eigenvalue weighted by atomic mass is 35.5. The summed E-state index contributed by atoms with van der Waals surface area (Å²) in [6.45, 7) is 3.83. The van der Waals surface area contributed by atoms with Crippen LogP contribution in [0, 0.1) is 12.8 Å². The average molecular weight is 331 g/mol. The molecule has 3 N–H and O–H groups in total. The van der Waals surface area contributed by atoms with Crippen LogP contribution in [-0.2, 0) is 10.0 Å². The van der Waals surface area contributed by atoms with E-state index in [9.17, 15) is 13.2 Å². The van der Waals surface area contributed by atoms with Crippen LogP contribution >= 0.6 is 11.6 Å². The van der Waals surface area contributed by atoms with Gasteiger partial charge in [0.15, 0.2) is 0 Å². The molecule has 1 fully saturated rings. The van der Waals surface area contributed by atoms with Crippen molar-refractivity contribution in [2.75, 3.05) is 0 Å². The Hall–Kier alpha value is -1.11. The normalized spacial score (nSPS) is 22.3. The number of sulfonamides is 1. The van der Waals surface area contributed by atoms with E-state index < -0.39 is 10.0 Å². The van der Waals surface area contributed by atoms with Gasteiger partial charge in [0.1, 0.15) is 0 Å². The van der Waals surface area contributed by atoms with Gasteiger partial charge in [0.2, 0.25) is 10.0 Å². The molecule has 1 aliphatic rings. The maximum atomic E-state index is 12.4. The van der Waals surface area contributed by atoms with Crippen molar-refractivity contribution in [3.05, 3.63) is 28.3 Å². The molecule has 0 bridgehead atoms. The third kappa shape index (κ3) is 3.75. The van der Waals surface area contributed by atoms with Gasteiger partial charge in [-0.1, -0.05) is 18.5 Å². The molecule has 2 rings (SSSR count). The second kappa shape index (κ2) is 5.94. The third-order valence-corrected chi connectivity index (χ3v) is 5.21. The van der Waals surface area contributed by atoms with E-state index in [2.05, 4.69) is 12.2 Å². The summed E-state index contributed by atoms with van der Waals surface area (Å²) in [5.74, 6) is 0.287. The van der Waals surface area contributed by atoms with E-state index in [0.717, 1.165) is 19.3 Å². The largest absolute Gasteiger partial charge is 0.349 e. The lowest BCUT2D eigenvalue weighted by Crippen LogP contribution is -2.33. The molecule has 0 spiro atoms. The van der Waals surface area contributed by atoms with Crippen LogP contribution in [0.3, 0.4) is 0 Å². The van der Waals surface area contributed by atoms with E-state index in [0.29, 0.717) is 11.5 Å². The number of amides is 1. The van der Waals surface area contributed by atoms with E-state index in [1.807, 2.05) is 0 Å². The molecule has 0 aromatic heterocycles. The zero-order chi connectivity index (χ0) is 15.8. The number of carbonyl (C=O) groups excluding carboxylic acids is 1. The summed E-state index contributed by atoms with van der Waals surface area (Å²) in [5, 5.41) is 8.26. The van der Waals surface area contributed by atoms with Gasteiger partial charge in [-0.2, -0.15) is 0 Å². The van der Waals surface area contributed by atoms with Gasteiger partial charge in [-0.25, -0.2) is 13.6 Å². The molecule has 5 nitrogen and oxygen atoms in total. The topological polar surface area (TPSA) is 89.3 Å². The van der Waals surface area contributed by atoms with Crippen molar-refractivity contribution >= 4 is 27.5 Å². The summed E-state index contributed by atoms with van der Waals surface area (Å²) in [4.78, 5) is 12.2. The Balaban J connectivity index is 2.30. The zero-order valence-electron chi connectivity index (χ0n) is 12.0. The molecule has 1 aromatic carbocycles. The third-order valence-electron chi connectivity index (χ3n) is 3.92. The molecule has 1 amide bonds. The standard InChI is InChI=1S/C14H19ClN2O3S/c1-8-3-4-10(5-8)17-14(18)12-6-11(21(16,19)20)7-13(15)9(12)2/h6-8,10H,3-5H2,1-2H3,(H,17,18)(H2,16,19,20). The van der Waals surface area contributed by atoms with Crippen molar-refractivity contribution in [3.63, 3.8) is 0 Å². The zero-order valence-corrected chi connectivity index (χ0v) is 13.6. The number of primary sulfonamides is 1. The summed E-state index contributed by atoms with van der Waals surface area (Å²) in [7, 11) is -3.90. The SMILES string of the molecule is Cc1c(Cl)cc(S(N)(=O)=O)cc1C(=O)NC1CCC(C)C1. The van der Waals surface area contributed by atoms with E-state index in [1.54, 1.807) is 6.92 Å². The monoisotopic (exact) mass is 330 g/mol. The number of rotatable bonds is 3. The van der Waals surface area contributed by atoms with Gasteiger partial charge in [-0.05, 0) is 49.8 Å². The summed E-state index contributed by atoms with van der Waals surface area (Å²) in [5.41, 5.74) is 0.804.